The van der Waals surface area contributed by atoms with Crippen molar-refractivity contribution < 1.29 is 9.32 Å². The summed E-state index contributed by atoms with van der Waals surface area (Å²) in [6.07, 6.45) is 0. The molecule has 2 N–H and O–H groups in total. The maximum absolute atomic E-state index is 11.9. The van der Waals surface area contributed by atoms with E-state index in [1.54, 1.807) is 42.1 Å². The van der Waals surface area contributed by atoms with Crippen molar-refractivity contribution in [3.63, 3.8) is 0 Å². The number of amides is 2. The van der Waals surface area contributed by atoms with Gasteiger partial charge in [0.2, 0.25) is 11.7 Å². The van der Waals surface area contributed by atoms with E-state index in [9.17, 15) is 4.79 Å². The van der Waals surface area contributed by atoms with Crippen molar-refractivity contribution in [1.29, 1.82) is 0 Å². The molecule has 0 bridgehead atoms. The molecule has 3 rings (SSSR count). The number of hydrogen-bond acceptors (Lipinski definition) is 5. The number of halogens is 1. The molecule has 124 valence electrons. The summed E-state index contributed by atoms with van der Waals surface area (Å²) in [5, 5.41) is 14.0. The van der Waals surface area contributed by atoms with Gasteiger partial charge in [0.15, 0.2) is 0 Å². The van der Waals surface area contributed by atoms with Crippen LogP contribution in [0.5, 0.6) is 0 Å². The molecule has 9 heteroatoms. The minimum atomic E-state index is -0.385. The summed E-state index contributed by atoms with van der Waals surface area (Å²) >= 11 is 5.84. The third-order valence-electron chi connectivity index (χ3n) is 3.21. The van der Waals surface area contributed by atoms with Crippen molar-refractivity contribution in [3.8, 4) is 11.4 Å². The second-order valence-electron chi connectivity index (χ2n) is 5.12. The number of aromatic nitrogens is 4. The Morgan fingerprint density at radius 2 is 2.08 bits per heavy atom. The Labute approximate surface area is 142 Å². The lowest BCUT2D eigenvalue weighted by molar-refractivity contribution is 0.249. The minimum absolute atomic E-state index is 0.114. The van der Waals surface area contributed by atoms with Crippen LogP contribution < -0.4 is 10.6 Å². The van der Waals surface area contributed by atoms with Crippen LogP contribution in [0.1, 0.15) is 11.6 Å². The molecule has 0 aliphatic heterocycles. The molecule has 0 aliphatic carbocycles. The van der Waals surface area contributed by atoms with Crippen molar-refractivity contribution in [2.75, 3.05) is 5.32 Å². The van der Waals surface area contributed by atoms with Crippen molar-refractivity contribution in [1.82, 2.24) is 25.2 Å². The molecule has 0 spiro atoms. The predicted octanol–water partition coefficient (Wildman–Crippen LogP) is 2.75. The Balaban J connectivity index is 1.58. The number of aryl methyl sites for hydroxylation is 2. The van der Waals surface area contributed by atoms with Gasteiger partial charge in [-0.25, -0.2) is 4.79 Å². The molecule has 0 saturated heterocycles. The zero-order valence-electron chi connectivity index (χ0n) is 13.1. The maximum atomic E-state index is 11.9. The van der Waals surface area contributed by atoms with Crippen LogP contribution in [0.2, 0.25) is 5.02 Å². The molecular formula is C15H15ClN6O2. The first-order chi connectivity index (χ1) is 11.5. The van der Waals surface area contributed by atoms with E-state index in [0.29, 0.717) is 22.6 Å². The van der Waals surface area contributed by atoms with Crippen LogP contribution in [0.25, 0.3) is 11.4 Å². The normalized spacial score (nSPS) is 10.6. The third kappa shape index (κ3) is 3.72. The van der Waals surface area contributed by atoms with E-state index in [4.69, 9.17) is 16.1 Å². The lowest BCUT2D eigenvalue weighted by Gasteiger charge is -2.05. The highest BCUT2D eigenvalue weighted by Gasteiger charge is 2.11. The first kappa shape index (κ1) is 16.0. The lowest BCUT2D eigenvalue weighted by Crippen LogP contribution is -2.29. The van der Waals surface area contributed by atoms with E-state index in [1.165, 1.54) is 0 Å². The van der Waals surface area contributed by atoms with E-state index in [0.717, 1.165) is 11.3 Å². The van der Waals surface area contributed by atoms with Crippen LogP contribution in [0.15, 0.2) is 34.9 Å². The van der Waals surface area contributed by atoms with Gasteiger partial charge >= 0.3 is 6.03 Å². The Kier molecular flexibility index (Phi) is 4.48. The molecule has 0 unspecified atom stereocenters. The van der Waals surface area contributed by atoms with Crippen molar-refractivity contribution in [2.45, 2.75) is 13.5 Å². The van der Waals surface area contributed by atoms with Gasteiger partial charge in [-0.3, -0.25) is 10.00 Å². The summed E-state index contributed by atoms with van der Waals surface area (Å²) in [6.45, 7) is 1.96. The molecule has 0 atom stereocenters. The zero-order valence-corrected chi connectivity index (χ0v) is 13.8. The second kappa shape index (κ2) is 6.71. The highest BCUT2D eigenvalue weighted by Crippen LogP contribution is 2.18. The van der Waals surface area contributed by atoms with E-state index in [-0.39, 0.29) is 12.6 Å². The number of benzene rings is 1. The zero-order chi connectivity index (χ0) is 17.1. The fourth-order valence-electron chi connectivity index (χ4n) is 2.09. The van der Waals surface area contributed by atoms with Crippen LogP contribution >= 0.6 is 11.6 Å². The molecule has 8 nitrogen and oxygen atoms in total. The number of hydrogen-bond donors (Lipinski definition) is 2. The molecule has 24 heavy (non-hydrogen) atoms. The Hall–Kier alpha value is -2.87. The number of nitrogens with one attached hydrogen (secondary N) is 2. The van der Waals surface area contributed by atoms with Crippen LogP contribution in [-0.4, -0.2) is 26.0 Å². The molecule has 0 fully saturated rings. The van der Waals surface area contributed by atoms with E-state index >= 15 is 0 Å². The quantitative estimate of drug-likeness (QED) is 0.757. The standard InChI is InChI=1S/C15H15ClN6O2/c1-9-7-12(22(2)20-9)18-15(23)17-8-13-19-14(21-24-13)10-3-5-11(16)6-4-10/h3-7H,8H2,1-2H3,(H2,17,18,23). The first-order valence-electron chi connectivity index (χ1n) is 7.15. The predicted molar refractivity (Wildman–Crippen MR) is 88.5 cm³/mol. The Morgan fingerprint density at radius 3 is 2.75 bits per heavy atom. The summed E-state index contributed by atoms with van der Waals surface area (Å²) in [5.74, 6) is 1.33. The van der Waals surface area contributed by atoms with Gasteiger partial charge in [-0.2, -0.15) is 10.1 Å². The molecule has 0 radical (unpaired) electrons. The topological polar surface area (TPSA) is 97.9 Å². The number of rotatable bonds is 4. The summed E-state index contributed by atoms with van der Waals surface area (Å²) in [7, 11) is 1.75. The Morgan fingerprint density at radius 1 is 1.33 bits per heavy atom. The van der Waals surface area contributed by atoms with Gasteiger partial charge in [-0.1, -0.05) is 16.8 Å². The van der Waals surface area contributed by atoms with Crippen molar-refractivity contribution in [2.24, 2.45) is 7.05 Å². The summed E-state index contributed by atoms with van der Waals surface area (Å²) in [4.78, 5) is 16.1. The van der Waals surface area contributed by atoms with Gasteiger partial charge in [0.25, 0.3) is 0 Å². The smallest absolute Gasteiger partial charge is 0.320 e. The van der Waals surface area contributed by atoms with E-state index in [1.807, 2.05) is 6.92 Å². The van der Waals surface area contributed by atoms with Gasteiger partial charge in [-0.15, -0.1) is 0 Å². The van der Waals surface area contributed by atoms with E-state index < -0.39 is 0 Å². The average Bonchev–Trinajstić information content (AvgIpc) is 3.13. The largest absolute Gasteiger partial charge is 0.337 e. The van der Waals surface area contributed by atoms with Gasteiger partial charge in [-0.05, 0) is 31.2 Å². The molecule has 2 amide bonds. The molecule has 0 saturated carbocycles. The first-order valence-corrected chi connectivity index (χ1v) is 7.53. The van der Waals surface area contributed by atoms with Crippen LogP contribution in [0, 0.1) is 6.92 Å². The van der Waals surface area contributed by atoms with Gasteiger partial charge in [0.1, 0.15) is 5.82 Å². The molecule has 2 aromatic heterocycles. The number of anilines is 1. The molecule has 0 aliphatic rings. The maximum Gasteiger partial charge on any atom is 0.320 e. The highest BCUT2D eigenvalue weighted by atomic mass is 35.5. The fourth-order valence-corrected chi connectivity index (χ4v) is 2.21. The van der Waals surface area contributed by atoms with Gasteiger partial charge in [0, 0.05) is 23.7 Å². The highest BCUT2D eigenvalue weighted by molar-refractivity contribution is 6.30. The molecule has 1 aromatic carbocycles. The average molecular weight is 347 g/mol. The van der Waals surface area contributed by atoms with Crippen LogP contribution in [0.4, 0.5) is 10.6 Å². The second-order valence-corrected chi connectivity index (χ2v) is 5.56. The van der Waals surface area contributed by atoms with E-state index in [2.05, 4.69) is 25.9 Å². The number of carbonyl (C=O) groups excluding carboxylic acids is 1. The summed E-state index contributed by atoms with van der Waals surface area (Å²) < 4.78 is 6.71. The molecule has 3 aromatic rings. The minimum Gasteiger partial charge on any atom is -0.337 e. The summed E-state index contributed by atoms with van der Waals surface area (Å²) in [6, 6.07) is 8.46. The fraction of sp³-hybridized carbons (Fsp3) is 0.200. The van der Waals surface area contributed by atoms with Crippen LogP contribution in [-0.2, 0) is 13.6 Å². The van der Waals surface area contributed by atoms with Gasteiger partial charge in [0.05, 0.1) is 12.2 Å². The van der Waals surface area contributed by atoms with Crippen molar-refractivity contribution >= 4 is 23.4 Å². The third-order valence-corrected chi connectivity index (χ3v) is 3.47. The molecular weight excluding hydrogens is 332 g/mol. The van der Waals surface area contributed by atoms with Crippen LogP contribution in [0.3, 0.4) is 0 Å². The summed E-state index contributed by atoms with van der Waals surface area (Å²) in [5.41, 5.74) is 1.60. The Bertz CT molecular complexity index is 855. The molecule has 2 heterocycles. The number of carbonyl (C=O) groups is 1. The number of nitrogens with zero attached hydrogens (tertiary/aromatic N) is 4. The van der Waals surface area contributed by atoms with Crippen molar-refractivity contribution in [3.05, 3.63) is 46.9 Å². The van der Waals surface area contributed by atoms with Gasteiger partial charge < -0.3 is 9.84 Å². The monoisotopic (exact) mass is 346 g/mol. The SMILES string of the molecule is Cc1cc(NC(=O)NCc2nc(-c3ccc(Cl)cc3)no2)n(C)n1. The lowest BCUT2D eigenvalue weighted by atomic mass is 10.2. The number of urea groups is 1.